The van der Waals surface area contributed by atoms with E-state index in [-0.39, 0.29) is 28.3 Å². The predicted molar refractivity (Wildman–Crippen MR) is 138 cm³/mol. The van der Waals surface area contributed by atoms with E-state index in [4.69, 9.17) is 0 Å². The summed E-state index contributed by atoms with van der Waals surface area (Å²) in [5, 5.41) is 31.2. The molecular weight excluding hydrogens is 424 g/mol. The Morgan fingerprint density at radius 1 is 1.09 bits per heavy atom. The molecule has 4 nitrogen and oxygen atoms in total. The smallest absolute Gasteiger partial charge is 0.306 e. The van der Waals surface area contributed by atoms with Crippen molar-refractivity contribution in [3.05, 3.63) is 11.6 Å². The zero-order valence-corrected chi connectivity index (χ0v) is 22.8. The molecule has 0 radical (unpaired) electrons. The van der Waals surface area contributed by atoms with E-state index in [2.05, 4.69) is 40.7 Å². The number of carboxylic acid groups (broad SMARTS) is 1. The van der Waals surface area contributed by atoms with Crippen LogP contribution in [0.2, 0.25) is 0 Å². The zero-order chi connectivity index (χ0) is 25.3. The van der Waals surface area contributed by atoms with Gasteiger partial charge in [-0.15, -0.1) is 0 Å². The molecule has 0 saturated heterocycles. The Morgan fingerprint density at radius 2 is 1.79 bits per heavy atom. The number of hydrogen-bond acceptors (Lipinski definition) is 3. The number of hydrogen-bond donors (Lipinski definition) is 3. The standard InChI is InChI=1S/C30H52O4/c1-7-8-12-24(31)18-22-17-23-13-15-29(5)25(30(23,6)26(32)19-22)14-16-28(29,4)21(3)11-9-10-20(2)27(33)34/h19-21,23-26,31-32H,7-18H2,1-6H3,(H,33,34)/t20?,21-,23-,24+,25-,26-,28?,29+,30-/m1/s1. The summed E-state index contributed by atoms with van der Waals surface area (Å²) in [7, 11) is 0. The van der Waals surface area contributed by atoms with Crippen molar-refractivity contribution < 1.29 is 20.1 Å². The summed E-state index contributed by atoms with van der Waals surface area (Å²) in [5.74, 6) is 0.592. The van der Waals surface area contributed by atoms with Crippen LogP contribution in [0.25, 0.3) is 0 Å². The fourth-order valence-electron chi connectivity index (χ4n) is 8.51. The van der Waals surface area contributed by atoms with Crippen molar-refractivity contribution in [2.24, 2.45) is 39.9 Å². The van der Waals surface area contributed by atoms with E-state index < -0.39 is 12.1 Å². The van der Waals surface area contributed by atoms with Crippen molar-refractivity contribution in [1.82, 2.24) is 0 Å². The van der Waals surface area contributed by atoms with Crippen molar-refractivity contribution in [2.75, 3.05) is 0 Å². The summed E-state index contributed by atoms with van der Waals surface area (Å²) in [6.45, 7) is 13.7. The monoisotopic (exact) mass is 476 g/mol. The Morgan fingerprint density at radius 3 is 2.44 bits per heavy atom. The molecule has 0 aliphatic heterocycles. The number of rotatable bonds is 11. The van der Waals surface area contributed by atoms with Gasteiger partial charge in [0.2, 0.25) is 0 Å². The molecule has 0 bridgehead atoms. The summed E-state index contributed by atoms with van der Waals surface area (Å²) in [5.41, 5.74) is 1.59. The van der Waals surface area contributed by atoms with Gasteiger partial charge in [0, 0.05) is 5.41 Å². The Bertz CT molecular complexity index is 746. The minimum absolute atomic E-state index is 0.0971. The maximum absolute atomic E-state index is 11.5. The summed E-state index contributed by atoms with van der Waals surface area (Å²) < 4.78 is 0. The first-order valence-electron chi connectivity index (χ1n) is 14.2. The van der Waals surface area contributed by atoms with E-state index in [1.807, 2.05) is 6.92 Å². The molecule has 0 aromatic carbocycles. The Balaban J connectivity index is 1.73. The average Bonchev–Trinajstić information content (AvgIpc) is 3.06. The first-order chi connectivity index (χ1) is 15.9. The maximum atomic E-state index is 11.5. The fourth-order valence-corrected chi connectivity index (χ4v) is 8.51. The Hall–Kier alpha value is -0.870. The second-order valence-electron chi connectivity index (χ2n) is 13.1. The van der Waals surface area contributed by atoms with Crippen molar-refractivity contribution in [2.45, 2.75) is 131 Å². The van der Waals surface area contributed by atoms with Crippen LogP contribution in [0.1, 0.15) is 119 Å². The van der Waals surface area contributed by atoms with E-state index >= 15 is 0 Å². The van der Waals surface area contributed by atoms with E-state index in [9.17, 15) is 20.1 Å². The highest BCUT2D eigenvalue weighted by Gasteiger charge is 2.66. The number of carboxylic acids is 1. The van der Waals surface area contributed by atoms with E-state index in [1.54, 1.807) is 0 Å². The normalized spacial score (nSPS) is 40.1. The van der Waals surface area contributed by atoms with Crippen LogP contribution >= 0.6 is 0 Å². The summed E-state index contributed by atoms with van der Waals surface area (Å²) >= 11 is 0. The highest BCUT2D eigenvalue weighted by molar-refractivity contribution is 5.69. The van der Waals surface area contributed by atoms with Gasteiger partial charge >= 0.3 is 5.97 Å². The molecule has 0 aromatic heterocycles. The van der Waals surface area contributed by atoms with Gasteiger partial charge < -0.3 is 15.3 Å². The molecule has 4 heteroatoms. The van der Waals surface area contributed by atoms with Crippen LogP contribution in [-0.2, 0) is 4.79 Å². The number of aliphatic carboxylic acids is 1. The minimum Gasteiger partial charge on any atom is -0.481 e. The molecular formula is C30H52O4. The van der Waals surface area contributed by atoms with Gasteiger partial charge in [0.05, 0.1) is 18.1 Å². The maximum Gasteiger partial charge on any atom is 0.306 e. The number of aliphatic hydroxyl groups excluding tert-OH is 2. The van der Waals surface area contributed by atoms with Gasteiger partial charge in [0.1, 0.15) is 0 Å². The van der Waals surface area contributed by atoms with Gasteiger partial charge in [-0.3, -0.25) is 4.79 Å². The van der Waals surface area contributed by atoms with Crippen LogP contribution in [0.4, 0.5) is 0 Å². The van der Waals surface area contributed by atoms with Crippen molar-refractivity contribution in [3.63, 3.8) is 0 Å². The number of unbranched alkanes of at least 4 members (excludes halogenated alkanes) is 1. The average molecular weight is 477 g/mol. The molecule has 3 N–H and O–H groups in total. The SMILES string of the molecule is CCCC[C@H](O)CC1=C[C@@H](O)[C@]2(C)[C@H](CC[C@@]3(C)[C@H]2CCC3(C)[C@H](C)CCCC(C)C(=O)O)C1. The second-order valence-corrected chi connectivity index (χ2v) is 13.1. The quantitative estimate of drug-likeness (QED) is 0.281. The molecule has 9 atom stereocenters. The lowest BCUT2D eigenvalue weighted by Crippen LogP contribution is -2.57. The lowest BCUT2D eigenvalue weighted by Gasteiger charge is -2.61. The first-order valence-corrected chi connectivity index (χ1v) is 14.2. The van der Waals surface area contributed by atoms with Crippen LogP contribution in [0, 0.1) is 39.9 Å². The van der Waals surface area contributed by atoms with Crippen molar-refractivity contribution in [3.8, 4) is 0 Å². The van der Waals surface area contributed by atoms with Gasteiger partial charge in [0.15, 0.2) is 0 Å². The lowest BCUT2D eigenvalue weighted by molar-refractivity contribution is -0.142. The molecule has 0 heterocycles. The van der Waals surface area contributed by atoms with E-state index in [1.165, 1.54) is 24.8 Å². The molecule has 196 valence electrons. The molecule has 2 unspecified atom stereocenters. The van der Waals surface area contributed by atoms with Crippen LogP contribution in [0.15, 0.2) is 11.6 Å². The molecule has 0 aromatic rings. The number of carbonyl (C=O) groups is 1. The minimum atomic E-state index is -0.686. The second kappa shape index (κ2) is 10.6. The van der Waals surface area contributed by atoms with Gasteiger partial charge in [-0.1, -0.05) is 78.9 Å². The van der Waals surface area contributed by atoms with Gasteiger partial charge in [-0.05, 0) is 80.0 Å². The summed E-state index contributed by atoms with van der Waals surface area (Å²) in [6, 6.07) is 0. The molecule has 0 spiro atoms. The van der Waals surface area contributed by atoms with Crippen LogP contribution in [0.5, 0.6) is 0 Å². The molecule has 34 heavy (non-hydrogen) atoms. The van der Waals surface area contributed by atoms with E-state index in [0.717, 1.165) is 57.8 Å². The molecule has 2 saturated carbocycles. The van der Waals surface area contributed by atoms with Crippen molar-refractivity contribution >= 4 is 5.97 Å². The Labute approximate surface area is 208 Å². The predicted octanol–water partition coefficient (Wildman–Crippen LogP) is 6.98. The number of aliphatic hydroxyl groups is 2. The van der Waals surface area contributed by atoms with Gasteiger partial charge in [-0.2, -0.15) is 0 Å². The molecule has 2 fully saturated rings. The number of fused-ring (bicyclic) bond motifs is 3. The van der Waals surface area contributed by atoms with Crippen LogP contribution in [-0.4, -0.2) is 33.5 Å². The third-order valence-electron chi connectivity index (χ3n) is 11.4. The highest BCUT2D eigenvalue weighted by atomic mass is 16.4. The van der Waals surface area contributed by atoms with Gasteiger partial charge in [0.25, 0.3) is 0 Å². The Kier molecular flexibility index (Phi) is 8.66. The lowest BCUT2D eigenvalue weighted by atomic mass is 9.44. The molecule has 3 aliphatic carbocycles. The third-order valence-corrected chi connectivity index (χ3v) is 11.4. The zero-order valence-electron chi connectivity index (χ0n) is 22.8. The molecule has 3 aliphatic rings. The van der Waals surface area contributed by atoms with E-state index in [0.29, 0.717) is 17.8 Å². The topological polar surface area (TPSA) is 77.8 Å². The summed E-state index contributed by atoms with van der Waals surface area (Å²) in [4.78, 5) is 11.2. The first kappa shape index (κ1) is 27.7. The fraction of sp³-hybridized carbons (Fsp3) is 0.900. The summed E-state index contributed by atoms with van der Waals surface area (Å²) in [6.07, 6.45) is 13.7. The molecule has 3 rings (SSSR count). The van der Waals surface area contributed by atoms with Crippen LogP contribution in [0.3, 0.4) is 0 Å². The third kappa shape index (κ3) is 4.88. The van der Waals surface area contributed by atoms with Crippen molar-refractivity contribution in [1.29, 1.82) is 0 Å². The largest absolute Gasteiger partial charge is 0.481 e. The molecule has 0 amide bonds. The van der Waals surface area contributed by atoms with Gasteiger partial charge in [-0.25, -0.2) is 0 Å². The highest BCUT2D eigenvalue weighted by Crippen LogP contribution is 2.72. The van der Waals surface area contributed by atoms with Crippen LogP contribution < -0.4 is 0 Å².